The number of rotatable bonds is 8. The van der Waals surface area contributed by atoms with E-state index in [-0.39, 0.29) is 6.01 Å². The molecule has 0 aliphatic carbocycles. The first-order chi connectivity index (χ1) is 8.65. The van der Waals surface area contributed by atoms with Gasteiger partial charge in [0.15, 0.2) is 0 Å². The molecule has 1 heterocycles. The topological polar surface area (TPSA) is 89.0 Å². The quantitative estimate of drug-likeness (QED) is 0.666. The van der Waals surface area contributed by atoms with Crippen LogP contribution in [0.2, 0.25) is 0 Å². The molecule has 1 unspecified atom stereocenters. The van der Waals surface area contributed by atoms with Gasteiger partial charge in [0.2, 0.25) is 11.9 Å². The van der Waals surface area contributed by atoms with Crippen LogP contribution in [0.4, 0.5) is 11.9 Å². The van der Waals surface area contributed by atoms with E-state index in [1.807, 2.05) is 6.92 Å². The van der Waals surface area contributed by atoms with Crippen molar-refractivity contribution in [3.05, 3.63) is 0 Å². The standard InChI is InChI=1S/C10H19N5O2S/c1-4-11-8-13-9(15-10(14-8)17-2)12-6-5-7-18(3)16/h4-7H2,1-3H3,(H2,11,12,13,14,15). The van der Waals surface area contributed by atoms with E-state index in [1.165, 1.54) is 7.11 Å². The first-order valence-electron chi connectivity index (χ1n) is 5.73. The highest BCUT2D eigenvalue weighted by atomic mass is 32.2. The highest BCUT2D eigenvalue weighted by Gasteiger charge is 2.05. The average molecular weight is 273 g/mol. The number of anilines is 2. The number of aromatic nitrogens is 3. The maximum Gasteiger partial charge on any atom is 0.322 e. The van der Waals surface area contributed by atoms with Crippen molar-refractivity contribution in [2.75, 3.05) is 42.8 Å². The van der Waals surface area contributed by atoms with Gasteiger partial charge in [0.25, 0.3) is 0 Å². The van der Waals surface area contributed by atoms with Crippen LogP contribution in [-0.2, 0) is 10.8 Å². The van der Waals surface area contributed by atoms with E-state index >= 15 is 0 Å². The lowest BCUT2D eigenvalue weighted by molar-refractivity contribution is 0.379. The Balaban J connectivity index is 2.57. The molecule has 0 fully saturated rings. The summed E-state index contributed by atoms with van der Waals surface area (Å²) in [5.41, 5.74) is 0. The Labute approximate surface area is 109 Å². The van der Waals surface area contributed by atoms with Gasteiger partial charge < -0.3 is 15.4 Å². The van der Waals surface area contributed by atoms with Crippen molar-refractivity contribution in [3.8, 4) is 6.01 Å². The predicted molar refractivity (Wildman–Crippen MR) is 72.6 cm³/mol. The molecule has 0 saturated heterocycles. The zero-order chi connectivity index (χ0) is 13.4. The van der Waals surface area contributed by atoms with Crippen LogP contribution in [0.15, 0.2) is 0 Å². The molecule has 0 amide bonds. The molecule has 18 heavy (non-hydrogen) atoms. The van der Waals surface area contributed by atoms with E-state index in [0.29, 0.717) is 24.2 Å². The van der Waals surface area contributed by atoms with E-state index in [2.05, 4.69) is 25.6 Å². The second-order valence-corrected chi connectivity index (χ2v) is 5.11. The van der Waals surface area contributed by atoms with Gasteiger partial charge in [-0.15, -0.1) is 0 Å². The molecule has 0 aliphatic rings. The second kappa shape index (κ2) is 7.80. The van der Waals surface area contributed by atoms with Crippen LogP contribution in [0.25, 0.3) is 0 Å². The minimum atomic E-state index is -0.767. The maximum absolute atomic E-state index is 10.9. The number of hydrogen-bond donors (Lipinski definition) is 2. The van der Waals surface area contributed by atoms with Crippen LogP contribution in [0, 0.1) is 0 Å². The summed E-state index contributed by atoms with van der Waals surface area (Å²) in [4.78, 5) is 12.3. The smallest absolute Gasteiger partial charge is 0.322 e. The fraction of sp³-hybridized carbons (Fsp3) is 0.700. The molecule has 0 saturated carbocycles. The third-order valence-electron chi connectivity index (χ3n) is 2.02. The van der Waals surface area contributed by atoms with E-state index in [1.54, 1.807) is 6.26 Å². The fourth-order valence-electron chi connectivity index (χ4n) is 1.24. The van der Waals surface area contributed by atoms with Crippen LogP contribution in [0.5, 0.6) is 6.01 Å². The number of methoxy groups -OCH3 is 1. The van der Waals surface area contributed by atoms with Gasteiger partial charge in [0, 0.05) is 35.9 Å². The molecule has 0 radical (unpaired) electrons. The molecule has 1 rings (SSSR count). The third kappa shape index (κ3) is 5.26. The lowest BCUT2D eigenvalue weighted by atomic mass is 10.5. The van der Waals surface area contributed by atoms with E-state index in [0.717, 1.165) is 13.0 Å². The average Bonchev–Trinajstić information content (AvgIpc) is 2.34. The van der Waals surface area contributed by atoms with Crippen molar-refractivity contribution >= 4 is 22.7 Å². The van der Waals surface area contributed by atoms with Gasteiger partial charge in [-0.3, -0.25) is 4.21 Å². The van der Waals surface area contributed by atoms with Crippen molar-refractivity contribution in [1.82, 2.24) is 15.0 Å². The fourth-order valence-corrected chi connectivity index (χ4v) is 1.79. The Morgan fingerprint density at radius 1 is 1.22 bits per heavy atom. The molecule has 0 aliphatic heterocycles. The first-order valence-corrected chi connectivity index (χ1v) is 7.46. The molecular formula is C10H19N5O2S. The Kier molecular flexibility index (Phi) is 6.34. The number of nitrogens with zero attached hydrogens (tertiary/aromatic N) is 3. The van der Waals surface area contributed by atoms with Crippen molar-refractivity contribution in [2.45, 2.75) is 13.3 Å². The Morgan fingerprint density at radius 2 is 1.89 bits per heavy atom. The Morgan fingerprint density at radius 3 is 2.44 bits per heavy atom. The van der Waals surface area contributed by atoms with Gasteiger partial charge >= 0.3 is 6.01 Å². The molecular weight excluding hydrogens is 254 g/mol. The predicted octanol–water partition coefficient (Wildman–Crippen LogP) is 0.492. The van der Waals surface area contributed by atoms with E-state index in [4.69, 9.17) is 4.74 Å². The zero-order valence-electron chi connectivity index (χ0n) is 10.9. The minimum absolute atomic E-state index is 0.266. The van der Waals surface area contributed by atoms with Crippen LogP contribution >= 0.6 is 0 Å². The van der Waals surface area contributed by atoms with Gasteiger partial charge in [0.05, 0.1) is 7.11 Å². The third-order valence-corrected chi connectivity index (χ3v) is 2.89. The van der Waals surface area contributed by atoms with Crippen LogP contribution in [0.1, 0.15) is 13.3 Å². The number of nitrogens with one attached hydrogen (secondary N) is 2. The molecule has 0 aromatic carbocycles. The molecule has 1 atom stereocenters. The Bertz CT molecular complexity index is 402. The van der Waals surface area contributed by atoms with Crippen molar-refractivity contribution < 1.29 is 8.95 Å². The lowest BCUT2D eigenvalue weighted by Crippen LogP contribution is -2.12. The maximum atomic E-state index is 10.9. The summed E-state index contributed by atoms with van der Waals surface area (Å²) in [6.07, 6.45) is 2.49. The second-order valence-electron chi connectivity index (χ2n) is 3.56. The van der Waals surface area contributed by atoms with Gasteiger partial charge in [0.1, 0.15) is 0 Å². The van der Waals surface area contributed by atoms with Gasteiger partial charge in [-0.2, -0.15) is 15.0 Å². The summed E-state index contributed by atoms with van der Waals surface area (Å²) in [5, 5.41) is 6.06. The largest absolute Gasteiger partial charge is 0.467 e. The molecule has 0 bridgehead atoms. The SMILES string of the molecule is CCNc1nc(NCCCS(C)=O)nc(OC)n1. The number of ether oxygens (including phenoxy) is 1. The van der Waals surface area contributed by atoms with Crippen molar-refractivity contribution in [1.29, 1.82) is 0 Å². The van der Waals surface area contributed by atoms with Crippen LogP contribution in [-0.4, -0.2) is 51.4 Å². The molecule has 102 valence electrons. The normalized spacial score (nSPS) is 11.9. The van der Waals surface area contributed by atoms with Crippen LogP contribution in [0.3, 0.4) is 0 Å². The summed E-state index contributed by atoms with van der Waals surface area (Å²) in [5.74, 6) is 1.60. The lowest BCUT2D eigenvalue weighted by Gasteiger charge is -2.08. The van der Waals surface area contributed by atoms with Gasteiger partial charge in [-0.05, 0) is 13.3 Å². The molecule has 1 aromatic heterocycles. The highest BCUT2D eigenvalue weighted by Crippen LogP contribution is 2.10. The summed E-state index contributed by atoms with van der Waals surface area (Å²) < 4.78 is 15.9. The molecule has 2 N–H and O–H groups in total. The first kappa shape index (κ1) is 14.6. The summed E-state index contributed by atoms with van der Waals surface area (Å²) in [6.45, 7) is 3.35. The zero-order valence-corrected chi connectivity index (χ0v) is 11.7. The summed E-state index contributed by atoms with van der Waals surface area (Å²) in [7, 11) is 0.742. The van der Waals surface area contributed by atoms with Crippen LogP contribution < -0.4 is 15.4 Å². The monoisotopic (exact) mass is 273 g/mol. The van der Waals surface area contributed by atoms with Gasteiger partial charge in [-0.1, -0.05) is 0 Å². The van der Waals surface area contributed by atoms with Gasteiger partial charge in [-0.25, -0.2) is 0 Å². The molecule has 8 heteroatoms. The summed E-state index contributed by atoms with van der Waals surface area (Å²) >= 11 is 0. The molecule has 1 aromatic rings. The Hall–Kier alpha value is -1.44. The van der Waals surface area contributed by atoms with Crippen molar-refractivity contribution in [3.63, 3.8) is 0 Å². The minimum Gasteiger partial charge on any atom is -0.467 e. The van der Waals surface area contributed by atoms with E-state index in [9.17, 15) is 4.21 Å². The molecule has 0 spiro atoms. The van der Waals surface area contributed by atoms with Crippen molar-refractivity contribution in [2.24, 2.45) is 0 Å². The summed E-state index contributed by atoms with van der Waals surface area (Å²) in [6, 6.07) is 0.266. The number of hydrogen-bond acceptors (Lipinski definition) is 7. The molecule has 7 nitrogen and oxygen atoms in total. The van der Waals surface area contributed by atoms with E-state index < -0.39 is 10.8 Å². The highest BCUT2D eigenvalue weighted by molar-refractivity contribution is 7.84.